The van der Waals surface area contributed by atoms with E-state index in [0.717, 1.165) is 99.9 Å². The van der Waals surface area contributed by atoms with Gasteiger partial charge in [0.05, 0.1) is 26.9 Å². The number of methoxy groups -OCH3 is 1. The Bertz CT molecular complexity index is 1390. The maximum absolute atomic E-state index is 10.9. The average Bonchev–Trinajstić information content (AvgIpc) is 3.13. The van der Waals surface area contributed by atoms with Crippen LogP contribution in [-0.4, -0.2) is 52.4 Å². The van der Waals surface area contributed by atoms with E-state index in [2.05, 4.69) is 61.0 Å². The molecule has 0 heterocycles. The van der Waals surface area contributed by atoms with Crippen LogP contribution in [0.1, 0.15) is 75.8 Å². The van der Waals surface area contributed by atoms with Gasteiger partial charge in [-0.1, -0.05) is 50.3 Å². The molecule has 0 bridgehead atoms. The highest BCUT2D eigenvalue weighted by Gasteiger charge is 2.21. The van der Waals surface area contributed by atoms with E-state index < -0.39 is 0 Å². The van der Waals surface area contributed by atoms with Crippen molar-refractivity contribution in [2.24, 2.45) is 16.8 Å². The monoisotopic (exact) mass is 655 g/mol. The number of aliphatic imine (C=N–C) groups is 1. The fraction of sp³-hybridized carbons (Fsp3) is 0.439. The number of ether oxygens (including phenoxy) is 4. The number of carbonyl (C=O) groups is 2. The van der Waals surface area contributed by atoms with Crippen molar-refractivity contribution in [3.8, 4) is 28.4 Å². The van der Waals surface area contributed by atoms with Crippen molar-refractivity contribution >= 4 is 18.5 Å². The Kier molecular flexibility index (Phi) is 17.6. The lowest BCUT2D eigenvalue weighted by Crippen LogP contribution is -2.20. The third kappa shape index (κ3) is 13.8. The lowest BCUT2D eigenvalue weighted by atomic mass is 9.83. The van der Waals surface area contributed by atoms with Gasteiger partial charge in [0.2, 0.25) is 0 Å². The summed E-state index contributed by atoms with van der Waals surface area (Å²) in [7, 11) is 3.44. The number of esters is 1. The van der Waals surface area contributed by atoms with Gasteiger partial charge in [0.15, 0.2) is 0 Å². The van der Waals surface area contributed by atoms with E-state index >= 15 is 0 Å². The third-order valence-electron chi connectivity index (χ3n) is 8.44. The van der Waals surface area contributed by atoms with Crippen LogP contribution in [0.5, 0.6) is 17.2 Å². The first-order chi connectivity index (χ1) is 23.5. The lowest BCUT2D eigenvalue weighted by Gasteiger charge is -2.25. The molecule has 0 aromatic heterocycles. The van der Waals surface area contributed by atoms with Crippen LogP contribution in [0.15, 0.2) is 84.4 Å². The van der Waals surface area contributed by atoms with E-state index in [4.69, 9.17) is 18.9 Å². The molecule has 0 N–H and O–H groups in total. The first kappa shape index (κ1) is 38.1. The van der Waals surface area contributed by atoms with Gasteiger partial charge in [-0.15, -0.1) is 0 Å². The molecule has 0 saturated heterocycles. The minimum Gasteiger partial charge on any atom is -0.497 e. The second kappa shape index (κ2) is 22.2. The third-order valence-corrected chi connectivity index (χ3v) is 8.44. The largest absolute Gasteiger partial charge is 0.497 e. The maximum atomic E-state index is 10.9. The summed E-state index contributed by atoms with van der Waals surface area (Å²) < 4.78 is 21.7. The zero-order valence-electron chi connectivity index (χ0n) is 29.0. The Morgan fingerprint density at radius 1 is 0.854 bits per heavy atom. The summed E-state index contributed by atoms with van der Waals surface area (Å²) in [5, 5.41) is 0. The Labute approximate surface area is 287 Å². The SMILES string of the molecule is C=CC(=O)OCCCCCCOc1ccc(OC)cc1.CCCc1ccc(-c2ccc(OCC3CCC(C=O)CC3)cc2C=NC)cc1. The molecule has 1 aliphatic carbocycles. The van der Waals surface area contributed by atoms with Gasteiger partial charge in [-0.2, -0.15) is 0 Å². The number of unbranched alkanes of at least 4 members (excludes halogenated alkanes) is 3. The molecule has 0 radical (unpaired) electrons. The standard InChI is InChI=1S/C25H31NO2.C16H22O4/c1-3-4-19-9-11-22(12-10-19)25-14-13-24(15-23(25)16-26-2)28-18-21-7-5-20(17-27)6-8-21;1-3-16(17)20-13-7-5-4-6-12-19-15-10-8-14(18-2)9-11-15/h9-17,20-21H,3-8,18H2,1-2H3;3,8-11H,1,4-7,12-13H2,2H3. The van der Waals surface area contributed by atoms with Gasteiger partial charge in [-0.3, -0.25) is 4.99 Å². The number of aryl methyl sites for hydroxylation is 1. The minimum absolute atomic E-state index is 0.256. The highest BCUT2D eigenvalue weighted by atomic mass is 16.5. The number of carbonyl (C=O) groups excluding carboxylic acids is 2. The van der Waals surface area contributed by atoms with Gasteiger partial charge in [0.25, 0.3) is 0 Å². The maximum Gasteiger partial charge on any atom is 0.330 e. The van der Waals surface area contributed by atoms with Crippen molar-refractivity contribution in [3.63, 3.8) is 0 Å². The number of nitrogens with zero attached hydrogens (tertiary/aromatic N) is 1. The summed E-state index contributed by atoms with van der Waals surface area (Å²) in [4.78, 5) is 25.9. The van der Waals surface area contributed by atoms with Crippen LogP contribution in [0.4, 0.5) is 0 Å². The van der Waals surface area contributed by atoms with E-state index in [0.29, 0.717) is 19.1 Å². The second-order valence-electron chi connectivity index (χ2n) is 12.1. The van der Waals surface area contributed by atoms with Crippen molar-refractivity contribution in [3.05, 3.63) is 90.5 Å². The van der Waals surface area contributed by atoms with Gasteiger partial charge in [-0.25, -0.2) is 4.79 Å². The van der Waals surface area contributed by atoms with Crippen LogP contribution in [-0.2, 0) is 20.7 Å². The Balaban J connectivity index is 0.000000277. The molecule has 1 saturated carbocycles. The van der Waals surface area contributed by atoms with Gasteiger partial charge in [0, 0.05) is 30.8 Å². The normalized spacial score (nSPS) is 15.6. The Hall–Kier alpha value is -4.39. The molecule has 0 spiro atoms. The molecule has 3 aromatic rings. The van der Waals surface area contributed by atoms with Gasteiger partial charge in [0.1, 0.15) is 23.5 Å². The number of hydrogen-bond donors (Lipinski definition) is 0. The molecule has 7 heteroatoms. The summed E-state index contributed by atoms with van der Waals surface area (Å²) >= 11 is 0. The van der Waals surface area contributed by atoms with E-state index in [1.54, 1.807) is 14.2 Å². The predicted octanol–water partition coefficient (Wildman–Crippen LogP) is 9.10. The summed E-state index contributed by atoms with van der Waals surface area (Å²) in [6.45, 7) is 7.42. The quantitative estimate of drug-likeness (QED) is 0.0447. The van der Waals surface area contributed by atoms with Crippen LogP contribution in [0.3, 0.4) is 0 Å². The molecule has 48 heavy (non-hydrogen) atoms. The fourth-order valence-electron chi connectivity index (χ4n) is 5.64. The molecule has 7 nitrogen and oxygen atoms in total. The van der Waals surface area contributed by atoms with Crippen molar-refractivity contribution < 1.29 is 28.5 Å². The van der Waals surface area contributed by atoms with Gasteiger partial charge in [-0.05, 0) is 117 Å². The van der Waals surface area contributed by atoms with Crippen molar-refractivity contribution in [1.82, 2.24) is 0 Å². The first-order valence-corrected chi connectivity index (χ1v) is 17.3. The van der Waals surface area contributed by atoms with E-state index in [1.807, 2.05) is 30.5 Å². The fourth-order valence-corrected chi connectivity index (χ4v) is 5.64. The molecule has 0 amide bonds. The zero-order valence-corrected chi connectivity index (χ0v) is 29.0. The number of benzene rings is 3. The minimum atomic E-state index is -0.354. The van der Waals surface area contributed by atoms with Crippen LogP contribution >= 0.6 is 0 Å². The molecule has 0 atom stereocenters. The van der Waals surface area contributed by atoms with Crippen LogP contribution in [0.25, 0.3) is 11.1 Å². The Morgan fingerprint density at radius 2 is 1.52 bits per heavy atom. The lowest BCUT2D eigenvalue weighted by molar-refractivity contribution is -0.137. The molecule has 0 aliphatic heterocycles. The Morgan fingerprint density at radius 3 is 2.15 bits per heavy atom. The number of rotatable bonds is 18. The van der Waals surface area contributed by atoms with Crippen LogP contribution in [0.2, 0.25) is 0 Å². The molecular formula is C41H53NO6. The molecule has 1 fully saturated rings. The smallest absolute Gasteiger partial charge is 0.330 e. The summed E-state index contributed by atoms with van der Waals surface area (Å²) in [6.07, 6.45) is 14.6. The van der Waals surface area contributed by atoms with Crippen molar-refractivity contribution in [2.45, 2.75) is 71.1 Å². The van der Waals surface area contributed by atoms with Crippen LogP contribution < -0.4 is 14.2 Å². The number of aldehydes is 1. The van der Waals surface area contributed by atoms with E-state index in [9.17, 15) is 9.59 Å². The summed E-state index contributed by atoms with van der Waals surface area (Å²) in [5.74, 6) is 3.01. The molecule has 1 aliphatic rings. The zero-order chi connectivity index (χ0) is 34.4. The van der Waals surface area contributed by atoms with Crippen molar-refractivity contribution in [1.29, 1.82) is 0 Å². The highest BCUT2D eigenvalue weighted by Crippen LogP contribution is 2.30. The molecule has 4 rings (SSSR count). The highest BCUT2D eigenvalue weighted by molar-refractivity contribution is 5.91. The summed E-state index contributed by atoms with van der Waals surface area (Å²) in [6, 6.07) is 22.6. The number of hydrogen-bond acceptors (Lipinski definition) is 7. The molecular weight excluding hydrogens is 602 g/mol. The topological polar surface area (TPSA) is 83.4 Å². The van der Waals surface area contributed by atoms with Gasteiger partial charge < -0.3 is 23.7 Å². The predicted molar refractivity (Wildman–Crippen MR) is 195 cm³/mol. The van der Waals surface area contributed by atoms with Gasteiger partial charge >= 0.3 is 5.97 Å². The molecule has 0 unspecified atom stereocenters. The average molecular weight is 656 g/mol. The van der Waals surface area contributed by atoms with E-state index in [1.165, 1.54) is 22.8 Å². The van der Waals surface area contributed by atoms with Crippen molar-refractivity contribution in [2.75, 3.05) is 34.0 Å². The van der Waals surface area contributed by atoms with Crippen LogP contribution in [0, 0.1) is 11.8 Å². The van der Waals surface area contributed by atoms with E-state index in [-0.39, 0.29) is 11.9 Å². The summed E-state index contributed by atoms with van der Waals surface area (Å²) in [5.41, 5.74) is 4.83. The first-order valence-electron chi connectivity index (χ1n) is 17.3. The second-order valence-corrected chi connectivity index (χ2v) is 12.1. The molecule has 258 valence electrons. The molecule has 3 aromatic carbocycles.